The number of benzene rings is 2. The summed E-state index contributed by atoms with van der Waals surface area (Å²) in [5.74, 6) is 1.81. The highest BCUT2D eigenvalue weighted by Gasteiger charge is 2.21. The molecule has 4 rings (SSSR count). The van der Waals surface area contributed by atoms with Gasteiger partial charge in [-0.25, -0.2) is 4.39 Å². The van der Waals surface area contributed by atoms with Gasteiger partial charge >= 0.3 is 0 Å². The number of nitrogens with zero attached hydrogens (tertiary/aromatic N) is 3. The summed E-state index contributed by atoms with van der Waals surface area (Å²) in [6, 6.07) is 14.2. The Morgan fingerprint density at radius 2 is 2.00 bits per heavy atom. The molecule has 7 heteroatoms. The van der Waals surface area contributed by atoms with Crippen molar-refractivity contribution in [3.05, 3.63) is 54.3 Å². The number of halogens is 1. The molecule has 0 N–H and O–H groups in total. The number of hydrogen-bond donors (Lipinski definition) is 0. The fourth-order valence-corrected chi connectivity index (χ4v) is 4.09. The molecule has 1 aromatic heterocycles. The van der Waals surface area contributed by atoms with E-state index < -0.39 is 0 Å². The van der Waals surface area contributed by atoms with Gasteiger partial charge in [-0.15, -0.1) is 10.2 Å². The second kappa shape index (κ2) is 8.10. The van der Waals surface area contributed by atoms with Crippen molar-refractivity contribution in [2.75, 3.05) is 19.5 Å². The van der Waals surface area contributed by atoms with Gasteiger partial charge in [-0.2, -0.15) is 0 Å². The van der Waals surface area contributed by atoms with E-state index in [0.29, 0.717) is 16.7 Å². The standard InChI is InChI=1S/C20H20FN3O2S/c1-25-15-10-8-14(9-11-15)19-22-23-20(27-13-16-5-4-12-26-16)24(19)18-7-3-2-6-17(18)21/h2-3,6-11,16H,4-5,12-13H2,1H3/t16-/m0/s1. The van der Waals surface area contributed by atoms with Crippen LogP contribution in [0, 0.1) is 5.82 Å². The van der Waals surface area contributed by atoms with Gasteiger partial charge in [0.2, 0.25) is 0 Å². The molecule has 0 radical (unpaired) electrons. The summed E-state index contributed by atoms with van der Waals surface area (Å²) in [6.45, 7) is 0.808. The Labute approximate surface area is 161 Å². The predicted molar refractivity (Wildman–Crippen MR) is 103 cm³/mol. The zero-order valence-corrected chi connectivity index (χ0v) is 15.8. The molecule has 1 aliphatic heterocycles. The Morgan fingerprint density at radius 3 is 2.70 bits per heavy atom. The molecule has 3 aromatic rings. The molecule has 0 aliphatic carbocycles. The summed E-state index contributed by atoms with van der Waals surface area (Å²) in [5.41, 5.74) is 1.28. The van der Waals surface area contributed by atoms with E-state index in [1.807, 2.05) is 30.3 Å². The van der Waals surface area contributed by atoms with Gasteiger partial charge in [-0.1, -0.05) is 23.9 Å². The van der Waals surface area contributed by atoms with Crippen LogP contribution < -0.4 is 4.74 Å². The third-order valence-corrected chi connectivity index (χ3v) is 5.56. The van der Waals surface area contributed by atoms with Crippen molar-refractivity contribution in [3.63, 3.8) is 0 Å². The second-order valence-electron chi connectivity index (χ2n) is 6.27. The van der Waals surface area contributed by atoms with Crippen molar-refractivity contribution >= 4 is 11.8 Å². The molecule has 0 unspecified atom stereocenters. The van der Waals surface area contributed by atoms with E-state index in [1.54, 1.807) is 35.6 Å². The number of ether oxygens (including phenoxy) is 2. The van der Waals surface area contributed by atoms with E-state index in [4.69, 9.17) is 9.47 Å². The van der Waals surface area contributed by atoms with Crippen molar-refractivity contribution in [1.29, 1.82) is 0 Å². The first kappa shape index (κ1) is 18.0. The minimum atomic E-state index is -0.314. The van der Waals surface area contributed by atoms with Gasteiger partial charge in [-0.3, -0.25) is 4.57 Å². The minimum absolute atomic E-state index is 0.213. The van der Waals surface area contributed by atoms with Crippen LogP contribution in [-0.4, -0.2) is 40.3 Å². The summed E-state index contributed by atoms with van der Waals surface area (Å²) in [7, 11) is 1.62. The SMILES string of the molecule is COc1ccc(-c2nnc(SC[C@@H]3CCCO3)n2-c2ccccc2F)cc1. The van der Waals surface area contributed by atoms with Crippen molar-refractivity contribution in [3.8, 4) is 22.8 Å². The highest BCUT2D eigenvalue weighted by molar-refractivity contribution is 7.99. The minimum Gasteiger partial charge on any atom is -0.497 e. The molecule has 1 aliphatic rings. The maximum Gasteiger partial charge on any atom is 0.196 e. The first-order valence-corrected chi connectivity index (χ1v) is 9.84. The molecule has 1 saturated heterocycles. The maximum absolute atomic E-state index is 14.6. The Kier molecular flexibility index (Phi) is 5.40. The quantitative estimate of drug-likeness (QED) is 0.591. The largest absolute Gasteiger partial charge is 0.497 e. The molecule has 0 amide bonds. The maximum atomic E-state index is 14.6. The average Bonchev–Trinajstić information content (AvgIpc) is 3.36. The number of hydrogen-bond acceptors (Lipinski definition) is 5. The van der Waals surface area contributed by atoms with Gasteiger partial charge in [-0.05, 0) is 49.2 Å². The van der Waals surface area contributed by atoms with Crippen molar-refractivity contribution < 1.29 is 13.9 Å². The fraction of sp³-hybridized carbons (Fsp3) is 0.300. The molecule has 2 heterocycles. The lowest BCUT2D eigenvalue weighted by Gasteiger charge is -2.13. The third-order valence-electron chi connectivity index (χ3n) is 4.50. The summed E-state index contributed by atoms with van der Waals surface area (Å²) >= 11 is 1.54. The van der Waals surface area contributed by atoms with Gasteiger partial charge in [0, 0.05) is 17.9 Å². The molecule has 5 nitrogen and oxygen atoms in total. The lowest BCUT2D eigenvalue weighted by atomic mass is 10.2. The summed E-state index contributed by atoms with van der Waals surface area (Å²) < 4.78 is 27.2. The van der Waals surface area contributed by atoms with Crippen LogP contribution in [0.1, 0.15) is 12.8 Å². The molecule has 0 bridgehead atoms. The van der Waals surface area contributed by atoms with Crippen LogP contribution in [0.15, 0.2) is 53.7 Å². The molecule has 0 saturated carbocycles. The van der Waals surface area contributed by atoms with Crippen LogP contribution in [0.5, 0.6) is 5.75 Å². The van der Waals surface area contributed by atoms with E-state index >= 15 is 0 Å². The normalized spacial score (nSPS) is 16.6. The smallest absolute Gasteiger partial charge is 0.196 e. The van der Waals surface area contributed by atoms with Crippen LogP contribution in [0.25, 0.3) is 17.1 Å². The van der Waals surface area contributed by atoms with E-state index in [0.717, 1.165) is 36.5 Å². The molecule has 0 spiro atoms. The molecule has 1 atom stereocenters. The first-order chi connectivity index (χ1) is 13.3. The first-order valence-electron chi connectivity index (χ1n) is 8.85. The predicted octanol–water partition coefficient (Wildman–Crippen LogP) is 4.35. The van der Waals surface area contributed by atoms with Gasteiger partial charge in [0.15, 0.2) is 11.0 Å². The number of aromatic nitrogens is 3. The zero-order chi connectivity index (χ0) is 18.6. The van der Waals surface area contributed by atoms with Crippen LogP contribution in [0.4, 0.5) is 4.39 Å². The fourth-order valence-electron chi connectivity index (χ4n) is 3.08. The lowest BCUT2D eigenvalue weighted by Crippen LogP contribution is -2.09. The Morgan fingerprint density at radius 1 is 1.19 bits per heavy atom. The zero-order valence-electron chi connectivity index (χ0n) is 15.0. The van der Waals surface area contributed by atoms with Gasteiger partial charge in [0.25, 0.3) is 0 Å². The van der Waals surface area contributed by atoms with Crippen LogP contribution in [0.2, 0.25) is 0 Å². The van der Waals surface area contributed by atoms with Crippen LogP contribution in [0.3, 0.4) is 0 Å². The number of para-hydroxylation sites is 1. The van der Waals surface area contributed by atoms with Crippen molar-refractivity contribution in [2.24, 2.45) is 0 Å². The van der Waals surface area contributed by atoms with E-state index in [2.05, 4.69) is 10.2 Å². The number of rotatable bonds is 6. The highest BCUT2D eigenvalue weighted by Crippen LogP contribution is 2.31. The Hall–Kier alpha value is -2.38. The number of methoxy groups -OCH3 is 1. The van der Waals surface area contributed by atoms with Crippen molar-refractivity contribution in [2.45, 2.75) is 24.1 Å². The lowest BCUT2D eigenvalue weighted by molar-refractivity contribution is 0.129. The molecule has 140 valence electrons. The number of thioether (sulfide) groups is 1. The van der Waals surface area contributed by atoms with E-state index in [9.17, 15) is 4.39 Å². The Balaban J connectivity index is 1.72. The molecular weight excluding hydrogens is 365 g/mol. The summed E-state index contributed by atoms with van der Waals surface area (Å²) in [4.78, 5) is 0. The van der Waals surface area contributed by atoms with Crippen LogP contribution in [-0.2, 0) is 4.74 Å². The van der Waals surface area contributed by atoms with E-state index in [-0.39, 0.29) is 11.9 Å². The summed E-state index contributed by atoms with van der Waals surface area (Å²) in [5, 5.41) is 9.34. The topological polar surface area (TPSA) is 49.2 Å². The van der Waals surface area contributed by atoms with Gasteiger partial charge in [0.1, 0.15) is 11.6 Å². The van der Waals surface area contributed by atoms with Crippen molar-refractivity contribution in [1.82, 2.24) is 14.8 Å². The second-order valence-corrected chi connectivity index (χ2v) is 7.25. The molecule has 1 fully saturated rings. The van der Waals surface area contributed by atoms with Gasteiger partial charge in [0.05, 0.1) is 18.9 Å². The highest BCUT2D eigenvalue weighted by atomic mass is 32.2. The summed E-state index contributed by atoms with van der Waals surface area (Å²) in [6.07, 6.45) is 2.35. The third kappa shape index (κ3) is 3.84. The molecule has 27 heavy (non-hydrogen) atoms. The Bertz CT molecular complexity index is 908. The van der Waals surface area contributed by atoms with E-state index in [1.165, 1.54) is 6.07 Å². The van der Waals surface area contributed by atoms with Crippen LogP contribution >= 0.6 is 11.8 Å². The average molecular weight is 385 g/mol. The van der Waals surface area contributed by atoms with Gasteiger partial charge < -0.3 is 9.47 Å². The molecule has 2 aromatic carbocycles. The monoisotopic (exact) mass is 385 g/mol. The molecular formula is C20H20FN3O2S.